The number of aliphatic hydroxyl groups is 1. The third-order valence-electron chi connectivity index (χ3n) is 5.52. The van der Waals surface area contributed by atoms with Gasteiger partial charge in [0.05, 0.1) is 12.4 Å². The van der Waals surface area contributed by atoms with E-state index >= 15 is 0 Å². The van der Waals surface area contributed by atoms with Crippen LogP contribution in [0.15, 0.2) is 73.0 Å². The van der Waals surface area contributed by atoms with Gasteiger partial charge in [-0.25, -0.2) is 0 Å². The molecule has 0 saturated heterocycles. The van der Waals surface area contributed by atoms with Crippen molar-refractivity contribution in [1.29, 1.82) is 0 Å². The summed E-state index contributed by atoms with van der Waals surface area (Å²) in [5.74, 6) is 0. The number of benzene rings is 2. The summed E-state index contributed by atoms with van der Waals surface area (Å²) in [4.78, 5) is 0. The Morgan fingerprint density at radius 2 is 1.57 bits per heavy atom. The lowest BCUT2D eigenvalue weighted by Crippen LogP contribution is -2.66. The van der Waals surface area contributed by atoms with Gasteiger partial charge in [0, 0.05) is 6.61 Å². The molecule has 2 aromatic rings. The molecule has 1 aliphatic heterocycles. The van der Waals surface area contributed by atoms with Crippen LogP contribution >= 0.6 is 0 Å². The van der Waals surface area contributed by atoms with Crippen molar-refractivity contribution >= 4 is 18.7 Å². The normalized spacial score (nSPS) is 20.0. The SMILES string of the molecule is CC(C)(C)[Si](OCCC[C@@H]1OC=CC[C@@H]1O)(c1ccccc1)c1ccccc1. The Morgan fingerprint density at radius 3 is 2.07 bits per heavy atom. The highest BCUT2D eigenvalue weighted by Gasteiger charge is 2.49. The Morgan fingerprint density at radius 1 is 1.00 bits per heavy atom. The molecular formula is C24H32O3Si. The van der Waals surface area contributed by atoms with E-state index in [0.29, 0.717) is 13.0 Å². The molecule has 0 saturated carbocycles. The van der Waals surface area contributed by atoms with E-state index < -0.39 is 14.4 Å². The van der Waals surface area contributed by atoms with E-state index in [0.717, 1.165) is 12.8 Å². The van der Waals surface area contributed by atoms with Gasteiger partial charge in [-0.3, -0.25) is 0 Å². The van der Waals surface area contributed by atoms with Gasteiger partial charge in [0.25, 0.3) is 8.32 Å². The highest BCUT2D eigenvalue weighted by atomic mass is 28.4. The van der Waals surface area contributed by atoms with Crippen LogP contribution in [0.2, 0.25) is 5.04 Å². The molecule has 28 heavy (non-hydrogen) atoms. The van der Waals surface area contributed by atoms with Crippen molar-refractivity contribution < 1.29 is 14.3 Å². The second kappa shape index (κ2) is 9.08. The predicted molar refractivity (Wildman–Crippen MR) is 117 cm³/mol. The fraction of sp³-hybridized carbons (Fsp3) is 0.417. The van der Waals surface area contributed by atoms with E-state index in [4.69, 9.17) is 9.16 Å². The molecule has 2 atom stereocenters. The Balaban J connectivity index is 1.83. The van der Waals surface area contributed by atoms with Crippen LogP contribution < -0.4 is 10.4 Å². The van der Waals surface area contributed by atoms with Crippen LogP contribution in [0.4, 0.5) is 0 Å². The fourth-order valence-electron chi connectivity index (χ4n) is 4.13. The zero-order valence-electron chi connectivity index (χ0n) is 17.2. The molecule has 1 aliphatic rings. The third-order valence-corrected chi connectivity index (χ3v) is 10.6. The van der Waals surface area contributed by atoms with Gasteiger partial charge in [-0.05, 0) is 40.8 Å². The first-order chi connectivity index (χ1) is 13.4. The van der Waals surface area contributed by atoms with Gasteiger partial charge in [-0.15, -0.1) is 0 Å². The zero-order valence-corrected chi connectivity index (χ0v) is 18.2. The smallest absolute Gasteiger partial charge is 0.261 e. The number of aliphatic hydroxyl groups excluding tert-OH is 1. The lowest BCUT2D eigenvalue weighted by Gasteiger charge is -2.43. The lowest BCUT2D eigenvalue weighted by atomic mass is 10.0. The monoisotopic (exact) mass is 396 g/mol. The number of rotatable bonds is 7. The topological polar surface area (TPSA) is 38.7 Å². The molecule has 1 N–H and O–H groups in total. The first-order valence-corrected chi connectivity index (χ1v) is 12.1. The maximum absolute atomic E-state index is 10.1. The number of ether oxygens (including phenoxy) is 1. The summed E-state index contributed by atoms with van der Waals surface area (Å²) in [7, 11) is -2.47. The highest BCUT2D eigenvalue weighted by molar-refractivity contribution is 6.99. The van der Waals surface area contributed by atoms with Gasteiger partial charge in [-0.1, -0.05) is 81.4 Å². The molecule has 0 aliphatic carbocycles. The first kappa shape index (κ1) is 20.8. The second-order valence-corrected chi connectivity index (χ2v) is 12.8. The van der Waals surface area contributed by atoms with Crippen LogP contribution in [-0.2, 0) is 9.16 Å². The molecule has 0 aromatic heterocycles. The standard InChI is InChI=1S/C24H32O3Si/c1-24(2,3)28(20-12-6-4-7-13-20,21-14-8-5-9-15-21)27-19-11-17-23-22(25)16-10-18-26-23/h4-10,12-15,18,22-23,25H,11,16-17,19H2,1-3H3/t22-,23-/m0/s1. The second-order valence-electron chi connectivity index (χ2n) is 8.50. The lowest BCUT2D eigenvalue weighted by molar-refractivity contribution is -0.00855. The van der Waals surface area contributed by atoms with Crippen LogP contribution in [0.3, 0.4) is 0 Å². The van der Waals surface area contributed by atoms with Crippen LogP contribution in [0, 0.1) is 0 Å². The van der Waals surface area contributed by atoms with E-state index in [1.165, 1.54) is 10.4 Å². The van der Waals surface area contributed by atoms with E-state index in [-0.39, 0.29) is 11.1 Å². The maximum atomic E-state index is 10.1. The predicted octanol–water partition coefficient (Wildman–Crippen LogP) is 4.01. The molecule has 0 fully saturated rings. The van der Waals surface area contributed by atoms with Crippen LogP contribution in [0.25, 0.3) is 0 Å². The minimum absolute atomic E-state index is 0.0146. The maximum Gasteiger partial charge on any atom is 0.261 e. The Labute approximate surface area is 170 Å². The summed E-state index contributed by atoms with van der Waals surface area (Å²) < 4.78 is 12.5. The van der Waals surface area contributed by atoms with E-state index in [1.807, 2.05) is 6.08 Å². The summed E-state index contributed by atoms with van der Waals surface area (Å²) in [6.45, 7) is 7.53. The van der Waals surface area contributed by atoms with Crippen molar-refractivity contribution in [3.05, 3.63) is 73.0 Å². The van der Waals surface area contributed by atoms with Crippen molar-refractivity contribution in [2.75, 3.05) is 6.61 Å². The van der Waals surface area contributed by atoms with Gasteiger partial charge >= 0.3 is 0 Å². The van der Waals surface area contributed by atoms with Crippen LogP contribution in [0.5, 0.6) is 0 Å². The summed E-state index contributed by atoms with van der Waals surface area (Å²) in [6.07, 6.45) is 5.36. The first-order valence-electron chi connectivity index (χ1n) is 10.2. The fourth-order valence-corrected chi connectivity index (χ4v) is 8.73. The molecule has 0 amide bonds. The molecular weight excluding hydrogens is 364 g/mol. The van der Waals surface area contributed by atoms with Crippen molar-refractivity contribution in [3.63, 3.8) is 0 Å². The van der Waals surface area contributed by atoms with Crippen molar-refractivity contribution in [1.82, 2.24) is 0 Å². The Hall–Kier alpha value is -1.88. The summed E-state index contributed by atoms with van der Waals surface area (Å²) in [5.41, 5.74) is 0. The average Bonchev–Trinajstić information content (AvgIpc) is 2.70. The number of hydrogen-bond donors (Lipinski definition) is 1. The van der Waals surface area contributed by atoms with Crippen molar-refractivity contribution in [2.24, 2.45) is 0 Å². The molecule has 150 valence electrons. The van der Waals surface area contributed by atoms with Gasteiger partial charge in [0.1, 0.15) is 6.10 Å². The zero-order chi connectivity index (χ0) is 20.0. The van der Waals surface area contributed by atoms with Gasteiger partial charge in [0.15, 0.2) is 0 Å². The van der Waals surface area contributed by atoms with Crippen molar-refractivity contribution in [2.45, 2.75) is 57.3 Å². The molecule has 2 aromatic carbocycles. The van der Waals surface area contributed by atoms with E-state index in [1.54, 1.807) is 6.26 Å². The molecule has 0 bridgehead atoms. The molecule has 1 heterocycles. The summed E-state index contributed by atoms with van der Waals surface area (Å²) in [6, 6.07) is 21.4. The van der Waals surface area contributed by atoms with Gasteiger partial charge < -0.3 is 14.3 Å². The van der Waals surface area contributed by atoms with Crippen LogP contribution in [-0.4, -0.2) is 32.2 Å². The molecule has 4 heteroatoms. The molecule has 0 radical (unpaired) electrons. The van der Waals surface area contributed by atoms with Gasteiger partial charge in [0.2, 0.25) is 0 Å². The molecule has 3 rings (SSSR count). The average molecular weight is 397 g/mol. The minimum Gasteiger partial charge on any atom is -0.496 e. The highest BCUT2D eigenvalue weighted by Crippen LogP contribution is 2.36. The molecule has 3 nitrogen and oxygen atoms in total. The Bertz CT molecular complexity index is 713. The number of hydrogen-bond acceptors (Lipinski definition) is 3. The summed E-state index contributed by atoms with van der Waals surface area (Å²) in [5, 5.41) is 12.7. The van der Waals surface area contributed by atoms with E-state index in [2.05, 4.69) is 81.4 Å². The van der Waals surface area contributed by atoms with Gasteiger partial charge in [-0.2, -0.15) is 0 Å². The Kier molecular flexibility index (Phi) is 6.76. The quantitative estimate of drug-likeness (QED) is 0.568. The minimum atomic E-state index is -2.47. The molecule has 0 unspecified atom stereocenters. The van der Waals surface area contributed by atoms with Crippen molar-refractivity contribution in [3.8, 4) is 0 Å². The third kappa shape index (κ3) is 4.40. The largest absolute Gasteiger partial charge is 0.496 e. The molecule has 0 spiro atoms. The van der Waals surface area contributed by atoms with Crippen LogP contribution in [0.1, 0.15) is 40.0 Å². The van der Waals surface area contributed by atoms with E-state index in [9.17, 15) is 5.11 Å². The summed E-state index contributed by atoms with van der Waals surface area (Å²) >= 11 is 0.